The molecule has 9 heteroatoms. The molecule has 0 aromatic heterocycles. The first-order chi connectivity index (χ1) is 17.4. The molecule has 2 saturated heterocycles. The zero-order valence-corrected chi connectivity index (χ0v) is 19.4. The molecule has 3 aromatic carbocycles. The Bertz CT molecular complexity index is 1310. The summed E-state index contributed by atoms with van der Waals surface area (Å²) in [6, 6.07) is 14.6. The fraction of sp³-hybridized carbons (Fsp3) is 0.259. The van der Waals surface area contributed by atoms with E-state index < -0.39 is 11.9 Å². The van der Waals surface area contributed by atoms with E-state index in [4.69, 9.17) is 23.7 Å². The van der Waals surface area contributed by atoms with Crippen LogP contribution in [0.5, 0.6) is 17.2 Å². The molecule has 2 fully saturated rings. The molecule has 0 bridgehead atoms. The van der Waals surface area contributed by atoms with Crippen molar-refractivity contribution in [2.24, 2.45) is 0 Å². The Labute approximate surface area is 206 Å². The van der Waals surface area contributed by atoms with Crippen LogP contribution in [0.2, 0.25) is 0 Å². The maximum absolute atomic E-state index is 12.0. The van der Waals surface area contributed by atoms with Crippen LogP contribution in [0.15, 0.2) is 54.6 Å². The summed E-state index contributed by atoms with van der Waals surface area (Å²) in [7, 11) is 1.47. The summed E-state index contributed by atoms with van der Waals surface area (Å²) in [5.74, 6) is -0.763. The highest BCUT2D eigenvalue weighted by molar-refractivity contribution is 5.99. The summed E-state index contributed by atoms with van der Waals surface area (Å²) in [6.07, 6.45) is 0.119. The maximum atomic E-state index is 12.0. The SMILES string of the molecule is COc1cc(-c2cc(OCC3CO3)ccc2C(=O)O)ccc1-c1cc(OCC2CO2)ccc1C(=O)O. The lowest BCUT2D eigenvalue weighted by molar-refractivity contribution is 0.0686. The minimum atomic E-state index is -1.09. The predicted molar refractivity (Wildman–Crippen MR) is 128 cm³/mol. The Hall–Kier alpha value is -4.08. The van der Waals surface area contributed by atoms with E-state index in [1.165, 1.54) is 19.2 Å². The molecule has 2 N–H and O–H groups in total. The van der Waals surface area contributed by atoms with Crippen molar-refractivity contribution in [3.63, 3.8) is 0 Å². The number of rotatable bonds is 11. The Balaban J connectivity index is 1.53. The van der Waals surface area contributed by atoms with E-state index in [0.29, 0.717) is 65.9 Å². The Kier molecular flexibility index (Phi) is 6.49. The van der Waals surface area contributed by atoms with Crippen LogP contribution in [0.4, 0.5) is 0 Å². The van der Waals surface area contributed by atoms with E-state index in [-0.39, 0.29) is 23.3 Å². The molecule has 2 unspecified atom stereocenters. The minimum absolute atomic E-state index is 0.0568. The van der Waals surface area contributed by atoms with Crippen LogP contribution in [0.3, 0.4) is 0 Å². The van der Waals surface area contributed by atoms with Gasteiger partial charge in [-0.3, -0.25) is 0 Å². The third-order valence-electron chi connectivity index (χ3n) is 5.92. The van der Waals surface area contributed by atoms with Gasteiger partial charge in [0, 0.05) is 11.1 Å². The van der Waals surface area contributed by atoms with Crippen LogP contribution in [0.25, 0.3) is 22.3 Å². The van der Waals surface area contributed by atoms with Gasteiger partial charge in [-0.1, -0.05) is 12.1 Å². The smallest absolute Gasteiger partial charge is 0.336 e. The average molecular weight is 492 g/mol. The normalized spacial score (nSPS) is 17.8. The number of hydrogen-bond donors (Lipinski definition) is 2. The molecule has 0 radical (unpaired) electrons. The van der Waals surface area contributed by atoms with Crippen molar-refractivity contribution in [2.45, 2.75) is 12.2 Å². The van der Waals surface area contributed by atoms with Gasteiger partial charge in [0.1, 0.15) is 42.7 Å². The van der Waals surface area contributed by atoms with Crippen molar-refractivity contribution < 1.29 is 43.5 Å². The first-order valence-electron chi connectivity index (χ1n) is 11.3. The highest BCUT2D eigenvalue weighted by atomic mass is 16.6. The number of carboxylic acids is 2. The van der Waals surface area contributed by atoms with Gasteiger partial charge < -0.3 is 33.9 Å². The summed E-state index contributed by atoms with van der Waals surface area (Å²) in [5.41, 5.74) is 2.16. The number of epoxide rings is 2. The van der Waals surface area contributed by atoms with Gasteiger partial charge in [-0.15, -0.1) is 0 Å². The number of carbonyl (C=O) groups is 2. The van der Waals surface area contributed by atoms with Crippen LogP contribution >= 0.6 is 0 Å². The van der Waals surface area contributed by atoms with Crippen molar-refractivity contribution in [3.8, 4) is 39.5 Å². The van der Waals surface area contributed by atoms with E-state index >= 15 is 0 Å². The molecule has 36 heavy (non-hydrogen) atoms. The molecule has 0 saturated carbocycles. The molecule has 9 nitrogen and oxygen atoms in total. The Morgan fingerprint density at radius 1 is 0.778 bits per heavy atom. The first kappa shape index (κ1) is 23.7. The van der Waals surface area contributed by atoms with Gasteiger partial charge in [0.25, 0.3) is 0 Å². The summed E-state index contributed by atoms with van der Waals surface area (Å²) < 4.78 is 27.4. The summed E-state index contributed by atoms with van der Waals surface area (Å²) in [5, 5.41) is 19.5. The molecule has 2 atom stereocenters. The minimum Gasteiger partial charge on any atom is -0.496 e. The van der Waals surface area contributed by atoms with Crippen molar-refractivity contribution in [1.29, 1.82) is 0 Å². The molecule has 2 aliphatic heterocycles. The van der Waals surface area contributed by atoms with E-state index in [9.17, 15) is 19.8 Å². The number of hydrogen-bond acceptors (Lipinski definition) is 7. The number of methoxy groups -OCH3 is 1. The summed E-state index contributed by atoms with van der Waals surface area (Å²) in [6.45, 7) is 2.06. The number of ether oxygens (including phenoxy) is 5. The lowest BCUT2D eigenvalue weighted by atomic mass is 9.93. The van der Waals surface area contributed by atoms with Gasteiger partial charge in [0.05, 0.1) is 31.5 Å². The second-order valence-electron chi connectivity index (χ2n) is 8.47. The molecular formula is C27H24O9. The standard InChI is InChI=1S/C27H24O9/c1-32-25-8-15(23-9-16(33-11-18-13-35-18)3-6-21(23)26(28)29)2-5-20(25)24-10-17(34-12-19-14-36-19)4-7-22(24)27(30)31/h2-10,18-19H,11-14H2,1H3,(H,28,29)(H,30,31). The Morgan fingerprint density at radius 2 is 1.31 bits per heavy atom. The summed E-state index contributed by atoms with van der Waals surface area (Å²) >= 11 is 0. The molecule has 5 rings (SSSR count). The van der Waals surface area contributed by atoms with Crippen molar-refractivity contribution >= 4 is 11.9 Å². The fourth-order valence-corrected chi connectivity index (χ4v) is 3.85. The molecule has 2 aliphatic rings. The van der Waals surface area contributed by atoms with E-state index in [2.05, 4.69) is 0 Å². The predicted octanol–water partition coefficient (Wildman–Crippen LogP) is 3.98. The van der Waals surface area contributed by atoms with Crippen molar-refractivity contribution in [1.82, 2.24) is 0 Å². The van der Waals surface area contributed by atoms with Gasteiger partial charge >= 0.3 is 11.9 Å². The zero-order chi connectivity index (χ0) is 25.2. The highest BCUT2D eigenvalue weighted by Crippen LogP contribution is 2.39. The Morgan fingerprint density at radius 3 is 1.81 bits per heavy atom. The first-order valence-corrected chi connectivity index (χ1v) is 11.3. The van der Waals surface area contributed by atoms with Gasteiger partial charge in [0.15, 0.2) is 0 Å². The third-order valence-corrected chi connectivity index (χ3v) is 5.92. The second-order valence-corrected chi connectivity index (χ2v) is 8.47. The topological polar surface area (TPSA) is 127 Å². The lowest BCUT2D eigenvalue weighted by Crippen LogP contribution is -2.06. The van der Waals surface area contributed by atoms with Gasteiger partial charge in [0.2, 0.25) is 0 Å². The number of benzene rings is 3. The summed E-state index contributed by atoms with van der Waals surface area (Å²) in [4.78, 5) is 23.9. The largest absolute Gasteiger partial charge is 0.496 e. The number of carboxylic acid groups (broad SMARTS) is 2. The van der Waals surface area contributed by atoms with E-state index in [0.717, 1.165) is 0 Å². The fourth-order valence-electron chi connectivity index (χ4n) is 3.85. The van der Waals surface area contributed by atoms with Crippen LogP contribution < -0.4 is 14.2 Å². The molecule has 0 aliphatic carbocycles. The average Bonchev–Trinajstić information content (AvgIpc) is 3.81. The molecule has 3 aromatic rings. The highest BCUT2D eigenvalue weighted by Gasteiger charge is 2.25. The van der Waals surface area contributed by atoms with Gasteiger partial charge in [-0.25, -0.2) is 9.59 Å². The van der Waals surface area contributed by atoms with E-state index in [1.54, 1.807) is 42.5 Å². The molecule has 2 heterocycles. The zero-order valence-electron chi connectivity index (χ0n) is 19.4. The van der Waals surface area contributed by atoms with Crippen LogP contribution in [0.1, 0.15) is 20.7 Å². The van der Waals surface area contributed by atoms with Crippen molar-refractivity contribution in [3.05, 3.63) is 65.7 Å². The molecular weight excluding hydrogens is 468 g/mol. The molecule has 0 spiro atoms. The van der Waals surface area contributed by atoms with Crippen molar-refractivity contribution in [2.75, 3.05) is 33.5 Å². The molecule has 0 amide bonds. The number of aromatic carboxylic acids is 2. The van der Waals surface area contributed by atoms with Crippen LogP contribution in [-0.4, -0.2) is 67.9 Å². The van der Waals surface area contributed by atoms with Gasteiger partial charge in [-0.05, 0) is 53.6 Å². The second kappa shape index (κ2) is 9.88. The third kappa shape index (κ3) is 5.27. The maximum Gasteiger partial charge on any atom is 0.336 e. The quantitative estimate of drug-likeness (QED) is 0.382. The molecule has 186 valence electrons. The van der Waals surface area contributed by atoms with Crippen LogP contribution in [0, 0.1) is 0 Å². The van der Waals surface area contributed by atoms with E-state index in [1.807, 2.05) is 0 Å². The monoisotopic (exact) mass is 492 g/mol. The van der Waals surface area contributed by atoms with Crippen LogP contribution in [-0.2, 0) is 9.47 Å². The van der Waals surface area contributed by atoms with Gasteiger partial charge in [-0.2, -0.15) is 0 Å². The lowest BCUT2D eigenvalue weighted by Gasteiger charge is -2.16.